The minimum absolute atomic E-state index is 0.0257. The van der Waals surface area contributed by atoms with Crippen LogP contribution in [0.3, 0.4) is 0 Å². The van der Waals surface area contributed by atoms with Gasteiger partial charge in [0.05, 0.1) is 5.69 Å². The number of aromatic nitrogens is 2. The first kappa shape index (κ1) is 16.1. The van der Waals surface area contributed by atoms with Crippen LogP contribution in [-0.4, -0.2) is 26.9 Å². The minimum Gasteiger partial charge on any atom is -0.423 e. The molecule has 1 aromatic heterocycles. The van der Waals surface area contributed by atoms with E-state index in [1.165, 1.54) is 18.2 Å². The fourth-order valence-corrected chi connectivity index (χ4v) is 4.97. The summed E-state index contributed by atoms with van der Waals surface area (Å²) in [7, 11) is 0. The molecule has 2 amide bonds. The highest BCUT2D eigenvalue weighted by atomic mass is 32.2. The zero-order chi connectivity index (χ0) is 18.4. The number of anilines is 2. The number of hydrogen-bond donors (Lipinski definition) is 1. The van der Waals surface area contributed by atoms with Gasteiger partial charge in [0.1, 0.15) is 0 Å². The highest BCUT2D eigenvalue weighted by Gasteiger charge is 2.57. The summed E-state index contributed by atoms with van der Waals surface area (Å²) in [5.41, 5.74) is 2.13. The van der Waals surface area contributed by atoms with Crippen LogP contribution in [0.15, 0.2) is 64.2 Å². The van der Waals surface area contributed by atoms with Gasteiger partial charge in [0, 0.05) is 22.6 Å². The molecule has 2 aromatic carbocycles. The van der Waals surface area contributed by atoms with E-state index in [1.54, 1.807) is 23.1 Å². The lowest BCUT2D eigenvalue weighted by Crippen LogP contribution is -2.49. The topological polar surface area (TPSA) is 88.3 Å². The largest absolute Gasteiger partial charge is 0.423 e. The molecule has 0 spiro atoms. The number of amides is 2. The van der Waals surface area contributed by atoms with Crippen molar-refractivity contribution < 1.29 is 14.0 Å². The van der Waals surface area contributed by atoms with Gasteiger partial charge < -0.3 is 9.73 Å². The monoisotopic (exact) mass is 378 g/mol. The summed E-state index contributed by atoms with van der Waals surface area (Å²) in [6, 6.07) is 14.8. The van der Waals surface area contributed by atoms with Crippen LogP contribution in [0, 0.1) is 0 Å². The molecule has 0 radical (unpaired) electrons. The number of benzene rings is 2. The van der Waals surface area contributed by atoms with Gasteiger partial charge in [-0.15, -0.1) is 10.2 Å². The van der Waals surface area contributed by atoms with Crippen molar-refractivity contribution in [2.24, 2.45) is 0 Å². The summed E-state index contributed by atoms with van der Waals surface area (Å²) in [5, 5.41) is 10.5. The number of nitrogens with zero attached hydrogens (tertiary/aromatic N) is 3. The summed E-state index contributed by atoms with van der Waals surface area (Å²) >= 11 is 1.44. The van der Waals surface area contributed by atoms with Crippen LogP contribution in [0.1, 0.15) is 12.8 Å². The minimum atomic E-state index is -0.943. The van der Waals surface area contributed by atoms with E-state index in [-0.39, 0.29) is 11.8 Å². The van der Waals surface area contributed by atoms with E-state index in [0.717, 1.165) is 10.6 Å². The van der Waals surface area contributed by atoms with Gasteiger partial charge in [0.2, 0.25) is 18.2 Å². The Hall–Kier alpha value is -3.13. The van der Waals surface area contributed by atoms with Crippen LogP contribution in [0.2, 0.25) is 0 Å². The molecule has 1 atom stereocenters. The van der Waals surface area contributed by atoms with Crippen LogP contribution >= 0.6 is 11.8 Å². The van der Waals surface area contributed by atoms with Crippen LogP contribution in [0.25, 0.3) is 11.5 Å². The van der Waals surface area contributed by atoms with E-state index in [9.17, 15) is 9.59 Å². The zero-order valence-electron chi connectivity index (χ0n) is 14.1. The Morgan fingerprint density at radius 2 is 2.11 bits per heavy atom. The van der Waals surface area contributed by atoms with Crippen LogP contribution in [0.5, 0.6) is 0 Å². The van der Waals surface area contributed by atoms with Crippen molar-refractivity contribution in [2.75, 3.05) is 10.2 Å². The average Bonchev–Trinajstić information content (AvgIpc) is 3.38. The van der Waals surface area contributed by atoms with E-state index in [2.05, 4.69) is 15.5 Å². The van der Waals surface area contributed by atoms with Gasteiger partial charge in [0.25, 0.3) is 5.91 Å². The Kier molecular flexibility index (Phi) is 3.54. The van der Waals surface area contributed by atoms with Crippen molar-refractivity contribution in [1.29, 1.82) is 0 Å². The molecule has 0 saturated carbocycles. The summed E-state index contributed by atoms with van der Waals surface area (Å²) in [5.74, 6) is 0.143. The van der Waals surface area contributed by atoms with E-state index in [4.69, 9.17) is 4.42 Å². The Morgan fingerprint density at radius 1 is 1.22 bits per heavy atom. The lowest BCUT2D eigenvalue weighted by molar-refractivity contribution is -0.121. The standard InChI is InChI=1S/C19H14N4O3S/c24-16-8-9-19(23(16)14-6-1-2-7-15(14)27-19)18(25)21-13-5-3-4-12(10-13)17-22-20-11-26-17/h1-7,10-11H,8-9H2,(H,21,25)/t19-/m1/s1. The molecule has 0 unspecified atom stereocenters. The molecule has 3 aromatic rings. The zero-order valence-corrected chi connectivity index (χ0v) is 14.9. The first-order valence-corrected chi connectivity index (χ1v) is 9.28. The molecule has 5 rings (SSSR count). The SMILES string of the molecule is O=C1CC[C@]2(C(=O)Nc3cccc(-c4nnco4)c3)Sc3ccccc3N12. The molecule has 8 heteroatoms. The Morgan fingerprint density at radius 3 is 2.96 bits per heavy atom. The number of fused-ring (bicyclic) bond motifs is 3. The fraction of sp³-hybridized carbons (Fsp3) is 0.158. The van der Waals surface area contributed by atoms with E-state index in [0.29, 0.717) is 30.0 Å². The maximum absolute atomic E-state index is 13.3. The number of carbonyl (C=O) groups is 2. The maximum Gasteiger partial charge on any atom is 0.261 e. The molecule has 2 aliphatic rings. The lowest BCUT2D eigenvalue weighted by Gasteiger charge is -2.29. The average molecular weight is 378 g/mol. The summed E-state index contributed by atoms with van der Waals surface area (Å²) < 4.78 is 5.21. The second-order valence-corrected chi connectivity index (χ2v) is 7.68. The predicted molar refractivity (Wildman–Crippen MR) is 100 cm³/mol. The van der Waals surface area contributed by atoms with Gasteiger partial charge in [-0.1, -0.05) is 30.0 Å². The van der Waals surface area contributed by atoms with Gasteiger partial charge in [-0.05, 0) is 36.8 Å². The van der Waals surface area contributed by atoms with Gasteiger partial charge in [-0.2, -0.15) is 0 Å². The van der Waals surface area contributed by atoms with Crippen molar-refractivity contribution in [3.63, 3.8) is 0 Å². The second-order valence-electron chi connectivity index (χ2n) is 6.36. The predicted octanol–water partition coefficient (Wildman–Crippen LogP) is 3.30. The third-order valence-electron chi connectivity index (χ3n) is 4.76. The molecule has 2 aliphatic heterocycles. The van der Waals surface area contributed by atoms with Crippen molar-refractivity contribution in [3.8, 4) is 11.5 Å². The molecule has 0 bridgehead atoms. The molecule has 134 valence electrons. The van der Waals surface area contributed by atoms with Crippen LogP contribution < -0.4 is 10.2 Å². The molecule has 1 fully saturated rings. The molecule has 3 heterocycles. The fourth-order valence-electron chi connectivity index (χ4n) is 3.56. The van der Waals surface area contributed by atoms with E-state index in [1.807, 2.05) is 30.3 Å². The summed E-state index contributed by atoms with van der Waals surface area (Å²) in [4.78, 5) is 27.4. The van der Waals surface area contributed by atoms with Gasteiger partial charge in [0.15, 0.2) is 4.87 Å². The number of rotatable bonds is 3. The normalized spacial score (nSPS) is 20.4. The molecule has 7 nitrogen and oxygen atoms in total. The van der Waals surface area contributed by atoms with Gasteiger partial charge >= 0.3 is 0 Å². The van der Waals surface area contributed by atoms with E-state index < -0.39 is 4.87 Å². The second kappa shape index (κ2) is 5.95. The third kappa shape index (κ3) is 2.44. The van der Waals surface area contributed by atoms with Gasteiger partial charge in [-0.3, -0.25) is 14.5 Å². The summed E-state index contributed by atoms with van der Waals surface area (Å²) in [6.45, 7) is 0. The number of nitrogens with one attached hydrogen (secondary N) is 1. The van der Waals surface area contributed by atoms with Gasteiger partial charge in [-0.25, -0.2) is 0 Å². The Bertz CT molecular complexity index is 1050. The first-order chi connectivity index (χ1) is 13.2. The Labute approximate surface area is 158 Å². The van der Waals surface area contributed by atoms with Crippen LogP contribution in [-0.2, 0) is 9.59 Å². The Balaban J connectivity index is 1.47. The highest BCUT2D eigenvalue weighted by Crippen LogP contribution is 2.56. The van der Waals surface area contributed by atoms with Crippen LogP contribution in [0.4, 0.5) is 11.4 Å². The molecule has 27 heavy (non-hydrogen) atoms. The molecular weight excluding hydrogens is 364 g/mol. The molecule has 1 saturated heterocycles. The molecular formula is C19H14N4O3S. The van der Waals surface area contributed by atoms with Crippen molar-refractivity contribution in [1.82, 2.24) is 10.2 Å². The number of hydrogen-bond acceptors (Lipinski definition) is 6. The highest BCUT2D eigenvalue weighted by molar-refractivity contribution is 8.02. The van der Waals surface area contributed by atoms with Crippen molar-refractivity contribution >= 4 is 35.0 Å². The lowest BCUT2D eigenvalue weighted by atomic mass is 10.1. The third-order valence-corrected chi connectivity index (χ3v) is 6.23. The maximum atomic E-state index is 13.3. The summed E-state index contributed by atoms with van der Waals surface area (Å²) in [6.07, 6.45) is 2.09. The first-order valence-electron chi connectivity index (χ1n) is 8.46. The van der Waals surface area contributed by atoms with E-state index >= 15 is 0 Å². The van der Waals surface area contributed by atoms with Crippen molar-refractivity contribution in [2.45, 2.75) is 22.6 Å². The quantitative estimate of drug-likeness (QED) is 0.752. The number of para-hydroxylation sites is 1. The molecule has 0 aliphatic carbocycles. The molecule has 1 N–H and O–H groups in total. The number of thioether (sulfide) groups is 1. The number of carbonyl (C=O) groups excluding carboxylic acids is 2. The smallest absolute Gasteiger partial charge is 0.261 e. The van der Waals surface area contributed by atoms with Crippen molar-refractivity contribution in [3.05, 3.63) is 54.9 Å².